The number of nitrogens with zero attached hydrogens (tertiary/aromatic N) is 3. The molecule has 1 heterocycles. The van der Waals surface area contributed by atoms with Gasteiger partial charge in [0.2, 0.25) is 0 Å². The molecule has 0 aliphatic heterocycles. The van der Waals surface area contributed by atoms with Crippen molar-refractivity contribution in [3.63, 3.8) is 0 Å². The molecule has 0 fully saturated rings. The maximum atomic E-state index is 12.8. The molecule has 0 radical (unpaired) electrons. The normalized spacial score (nSPS) is 24.3. The Hall–Kier alpha value is -2.87. The summed E-state index contributed by atoms with van der Waals surface area (Å²) in [4.78, 5) is 12.8. The quantitative estimate of drug-likeness (QED) is 0.447. The molecule has 2 aliphatic rings. The van der Waals surface area contributed by atoms with Gasteiger partial charge in [0.1, 0.15) is 6.07 Å². The average Bonchev–Trinajstić information content (AvgIpc) is 3.20. The number of nitriles is 1. The average molecular weight is 462 g/mol. The van der Waals surface area contributed by atoms with Crippen molar-refractivity contribution >= 4 is 29.0 Å². The van der Waals surface area contributed by atoms with Crippen LogP contribution < -0.4 is 0 Å². The van der Waals surface area contributed by atoms with E-state index >= 15 is 0 Å². The van der Waals surface area contributed by atoms with Crippen LogP contribution in [0.15, 0.2) is 60.2 Å². The first-order chi connectivity index (χ1) is 15.3. The van der Waals surface area contributed by atoms with Crippen LogP contribution in [0.5, 0.6) is 0 Å². The molecule has 5 rings (SSSR count). The highest BCUT2D eigenvalue weighted by atomic mass is 35.5. The van der Waals surface area contributed by atoms with Gasteiger partial charge < -0.3 is 0 Å². The monoisotopic (exact) mass is 461 g/mol. The molecule has 0 bridgehead atoms. The van der Waals surface area contributed by atoms with E-state index in [-0.39, 0.29) is 23.2 Å². The number of fused-ring (bicyclic) bond motifs is 3. The first kappa shape index (κ1) is 21.0. The highest BCUT2D eigenvalue weighted by Crippen LogP contribution is 2.52. The summed E-state index contributed by atoms with van der Waals surface area (Å²) in [6.07, 6.45) is 3.54. The molecule has 0 N–H and O–H groups in total. The number of hydrogen-bond donors (Lipinski definition) is 0. The maximum Gasteiger partial charge on any atom is 0.176 e. The zero-order chi connectivity index (χ0) is 22.6. The number of aromatic nitrogens is 2. The number of Topliss-reactive ketones (excluding diaryl/α,β-unsaturated/α-hetero) is 1. The first-order valence-corrected chi connectivity index (χ1v) is 11.4. The topological polar surface area (TPSA) is 58.7 Å². The van der Waals surface area contributed by atoms with E-state index in [0.717, 1.165) is 41.0 Å². The Morgan fingerprint density at radius 3 is 2.59 bits per heavy atom. The first-order valence-electron chi connectivity index (χ1n) is 10.7. The maximum absolute atomic E-state index is 12.8. The van der Waals surface area contributed by atoms with Crippen molar-refractivity contribution in [1.29, 1.82) is 5.26 Å². The van der Waals surface area contributed by atoms with Crippen LogP contribution in [0.25, 0.3) is 16.9 Å². The molecule has 32 heavy (non-hydrogen) atoms. The summed E-state index contributed by atoms with van der Waals surface area (Å²) in [6, 6.07) is 17.7. The van der Waals surface area contributed by atoms with Crippen LogP contribution in [0.2, 0.25) is 10.0 Å². The van der Waals surface area contributed by atoms with Crippen molar-refractivity contribution in [2.45, 2.75) is 32.1 Å². The standard InChI is InChI=1S/C26H21Cl2N3O/c1-15-20-10-9-19-23(16-6-4-3-5-7-16)30-31(18-8-11-21(27)22(28)12-18)25(19)26(20,2)13-17(14-29)24(15)32/h3-8,11-13,15,20H,9-10H2,1-2H3/t15-,20-,26-/m1/s1. The van der Waals surface area contributed by atoms with Gasteiger partial charge in [-0.2, -0.15) is 10.4 Å². The molecule has 0 saturated heterocycles. The van der Waals surface area contributed by atoms with E-state index in [1.165, 1.54) is 0 Å². The van der Waals surface area contributed by atoms with Gasteiger partial charge in [0.05, 0.1) is 32.7 Å². The third-order valence-electron chi connectivity index (χ3n) is 7.01. The van der Waals surface area contributed by atoms with Gasteiger partial charge >= 0.3 is 0 Å². The molecular formula is C26H21Cl2N3O. The summed E-state index contributed by atoms with van der Waals surface area (Å²) in [6.45, 7) is 4.07. The Kier molecular flexibility index (Phi) is 5.00. The van der Waals surface area contributed by atoms with Crippen molar-refractivity contribution in [2.75, 3.05) is 0 Å². The van der Waals surface area contributed by atoms with Crippen molar-refractivity contribution in [3.05, 3.63) is 81.5 Å². The minimum absolute atomic E-state index is 0.0673. The highest BCUT2D eigenvalue weighted by Gasteiger charge is 2.50. The Balaban J connectivity index is 1.83. The molecule has 2 aliphatic carbocycles. The number of hydrogen-bond acceptors (Lipinski definition) is 3. The van der Waals surface area contributed by atoms with Crippen molar-refractivity contribution in [1.82, 2.24) is 9.78 Å². The van der Waals surface area contributed by atoms with E-state index in [1.807, 2.05) is 48.0 Å². The number of benzene rings is 2. The van der Waals surface area contributed by atoms with E-state index in [9.17, 15) is 10.1 Å². The minimum atomic E-state index is -0.516. The van der Waals surface area contributed by atoms with Gasteiger partial charge in [-0.1, -0.05) is 73.5 Å². The number of carbonyl (C=O) groups excluding carboxylic acids is 1. The van der Waals surface area contributed by atoms with E-state index in [2.05, 4.69) is 25.1 Å². The lowest BCUT2D eigenvalue weighted by molar-refractivity contribution is -0.121. The molecule has 4 nitrogen and oxygen atoms in total. The third-order valence-corrected chi connectivity index (χ3v) is 7.75. The molecular weight excluding hydrogens is 441 g/mol. The highest BCUT2D eigenvalue weighted by molar-refractivity contribution is 6.42. The second-order valence-corrected chi connectivity index (χ2v) is 9.62. The lowest BCUT2D eigenvalue weighted by Crippen LogP contribution is -2.46. The van der Waals surface area contributed by atoms with Gasteiger partial charge in [-0.15, -0.1) is 0 Å². The smallest absolute Gasteiger partial charge is 0.176 e. The fourth-order valence-electron chi connectivity index (χ4n) is 5.48. The van der Waals surface area contributed by atoms with Gasteiger partial charge in [0.25, 0.3) is 0 Å². The SMILES string of the molecule is C[C@H]1C(=O)C(C#N)=C[C@@]2(C)c3c(c(-c4ccccc4)nn3-c3ccc(Cl)c(Cl)c3)CC[C@H]12. The third kappa shape index (κ3) is 3.03. The van der Waals surface area contributed by atoms with Crippen molar-refractivity contribution in [2.24, 2.45) is 11.8 Å². The molecule has 0 spiro atoms. The van der Waals surface area contributed by atoms with Gasteiger partial charge in [0.15, 0.2) is 5.78 Å². The zero-order valence-electron chi connectivity index (χ0n) is 17.8. The molecule has 0 amide bonds. The molecule has 3 aromatic rings. The largest absolute Gasteiger partial charge is 0.293 e. The summed E-state index contributed by atoms with van der Waals surface area (Å²) in [5.41, 5.74) is 4.63. The van der Waals surface area contributed by atoms with Gasteiger partial charge in [-0.05, 0) is 37.0 Å². The molecule has 160 valence electrons. The predicted molar refractivity (Wildman–Crippen MR) is 126 cm³/mol. The molecule has 0 unspecified atom stereocenters. The van der Waals surface area contributed by atoms with Gasteiger partial charge in [-0.25, -0.2) is 4.68 Å². The van der Waals surface area contributed by atoms with Crippen molar-refractivity contribution < 1.29 is 4.79 Å². The summed E-state index contributed by atoms with van der Waals surface area (Å²) >= 11 is 12.5. The second kappa shape index (κ2) is 7.62. The molecule has 6 heteroatoms. The summed E-state index contributed by atoms with van der Waals surface area (Å²) in [5.74, 6) is -0.214. The van der Waals surface area contributed by atoms with Crippen LogP contribution in [0.1, 0.15) is 31.5 Å². The Labute approximate surface area is 197 Å². The Morgan fingerprint density at radius 1 is 1.16 bits per heavy atom. The number of allylic oxidation sites excluding steroid dienone is 2. The Bertz CT molecular complexity index is 1320. The van der Waals surface area contributed by atoms with Crippen LogP contribution >= 0.6 is 23.2 Å². The second-order valence-electron chi connectivity index (χ2n) is 8.80. The van der Waals surface area contributed by atoms with Crippen LogP contribution in [0.3, 0.4) is 0 Å². The molecule has 0 saturated carbocycles. The summed E-state index contributed by atoms with van der Waals surface area (Å²) in [5, 5.41) is 15.7. The molecule has 1 aromatic heterocycles. The van der Waals surface area contributed by atoms with E-state index < -0.39 is 5.41 Å². The van der Waals surface area contributed by atoms with E-state index in [4.69, 9.17) is 28.3 Å². The van der Waals surface area contributed by atoms with Crippen LogP contribution in [0, 0.1) is 23.2 Å². The number of carbonyl (C=O) groups is 1. The summed E-state index contributed by atoms with van der Waals surface area (Å²) < 4.78 is 1.93. The van der Waals surface area contributed by atoms with Crippen LogP contribution in [0.4, 0.5) is 0 Å². The van der Waals surface area contributed by atoms with Crippen LogP contribution in [-0.4, -0.2) is 15.6 Å². The minimum Gasteiger partial charge on any atom is -0.293 e. The molecule has 2 aromatic carbocycles. The molecule has 3 atom stereocenters. The number of halogens is 2. The van der Waals surface area contributed by atoms with E-state index in [1.54, 1.807) is 6.07 Å². The zero-order valence-corrected chi connectivity index (χ0v) is 19.3. The number of ketones is 1. The number of rotatable bonds is 2. The van der Waals surface area contributed by atoms with Gasteiger partial charge in [-0.3, -0.25) is 4.79 Å². The van der Waals surface area contributed by atoms with Gasteiger partial charge in [0, 0.05) is 22.5 Å². The van der Waals surface area contributed by atoms with Crippen LogP contribution in [-0.2, 0) is 16.6 Å². The fraction of sp³-hybridized carbons (Fsp3) is 0.269. The lowest BCUT2D eigenvalue weighted by Gasteiger charge is -2.45. The van der Waals surface area contributed by atoms with E-state index in [0.29, 0.717) is 10.0 Å². The predicted octanol–water partition coefficient (Wildman–Crippen LogP) is 6.33. The van der Waals surface area contributed by atoms with Crippen molar-refractivity contribution in [3.8, 4) is 23.0 Å². The Morgan fingerprint density at radius 2 is 1.91 bits per heavy atom. The fourth-order valence-corrected chi connectivity index (χ4v) is 5.77. The lowest BCUT2D eigenvalue weighted by atomic mass is 9.57. The summed E-state index contributed by atoms with van der Waals surface area (Å²) in [7, 11) is 0.